The van der Waals surface area contributed by atoms with Gasteiger partial charge in [-0.25, -0.2) is 4.98 Å². The van der Waals surface area contributed by atoms with Crippen molar-refractivity contribution in [2.24, 2.45) is 5.73 Å². The van der Waals surface area contributed by atoms with E-state index in [4.69, 9.17) is 5.73 Å². The first-order chi connectivity index (χ1) is 7.70. The minimum Gasteiger partial charge on any atom is -0.330 e. The number of nitrogens with two attached hydrogens (primary N) is 1. The highest BCUT2D eigenvalue weighted by molar-refractivity contribution is 9.10. The molecule has 0 saturated heterocycles. The van der Waals surface area contributed by atoms with Crippen molar-refractivity contribution in [2.45, 2.75) is 12.8 Å². The molecule has 84 valence electrons. The molecule has 0 amide bonds. The number of halogens is 1. The number of nitrogens with zero attached hydrogens (tertiary/aromatic N) is 1. The maximum absolute atomic E-state index is 5.63. The van der Waals surface area contributed by atoms with E-state index >= 15 is 0 Å². The Labute approximate surface area is 108 Å². The largest absolute Gasteiger partial charge is 0.330 e. The van der Waals surface area contributed by atoms with Gasteiger partial charge >= 0.3 is 0 Å². The molecule has 4 heteroatoms. The third-order valence-corrected chi connectivity index (χ3v) is 3.91. The van der Waals surface area contributed by atoms with Gasteiger partial charge < -0.3 is 5.73 Å². The van der Waals surface area contributed by atoms with Crippen molar-refractivity contribution in [3.8, 4) is 10.6 Å². The predicted molar refractivity (Wildman–Crippen MR) is 72.7 cm³/mol. The molecule has 2 nitrogen and oxygen atoms in total. The Balaban J connectivity index is 2.28. The van der Waals surface area contributed by atoms with Crippen LogP contribution < -0.4 is 5.73 Å². The van der Waals surface area contributed by atoms with Crippen molar-refractivity contribution in [1.29, 1.82) is 0 Å². The second-order valence-electron chi connectivity index (χ2n) is 3.72. The molecule has 0 bridgehead atoms. The van der Waals surface area contributed by atoms with Gasteiger partial charge in [-0.1, -0.05) is 35.0 Å². The third kappa shape index (κ3) is 2.51. The maximum Gasteiger partial charge on any atom is 0.123 e. The van der Waals surface area contributed by atoms with Crippen molar-refractivity contribution in [3.05, 3.63) is 39.8 Å². The van der Waals surface area contributed by atoms with Gasteiger partial charge in [0.1, 0.15) is 5.01 Å². The van der Waals surface area contributed by atoms with Crippen LogP contribution in [0.1, 0.15) is 18.5 Å². The molecule has 0 fully saturated rings. The van der Waals surface area contributed by atoms with Crippen LogP contribution in [0.3, 0.4) is 0 Å². The Bertz CT molecular complexity index is 464. The summed E-state index contributed by atoms with van der Waals surface area (Å²) < 4.78 is 1.09. The van der Waals surface area contributed by atoms with Gasteiger partial charge in [-0.15, -0.1) is 11.3 Å². The topological polar surface area (TPSA) is 38.9 Å². The Morgan fingerprint density at radius 1 is 1.38 bits per heavy atom. The van der Waals surface area contributed by atoms with Crippen molar-refractivity contribution in [1.82, 2.24) is 4.98 Å². The molecule has 0 aliphatic heterocycles. The van der Waals surface area contributed by atoms with Crippen molar-refractivity contribution in [2.75, 3.05) is 6.54 Å². The van der Waals surface area contributed by atoms with Crippen LogP contribution in [-0.4, -0.2) is 11.5 Å². The van der Waals surface area contributed by atoms with Gasteiger partial charge in [0.15, 0.2) is 0 Å². The zero-order valence-corrected chi connectivity index (χ0v) is 11.4. The average Bonchev–Trinajstić information content (AvgIpc) is 2.78. The van der Waals surface area contributed by atoms with Gasteiger partial charge in [0.05, 0.1) is 5.69 Å². The Morgan fingerprint density at radius 3 is 2.69 bits per heavy atom. The standard InChI is InChI=1S/C12H13BrN2S/c1-8(6-14)11-7-16-12(15-11)9-2-4-10(13)5-3-9/h2-5,7-8H,6,14H2,1H3. The van der Waals surface area contributed by atoms with Crippen molar-refractivity contribution >= 4 is 27.3 Å². The van der Waals surface area contributed by atoms with Crippen LogP contribution in [0.25, 0.3) is 10.6 Å². The summed E-state index contributed by atoms with van der Waals surface area (Å²) in [4.78, 5) is 4.60. The first-order valence-corrected chi connectivity index (χ1v) is 6.79. The van der Waals surface area contributed by atoms with Gasteiger partial charge in [0.2, 0.25) is 0 Å². The summed E-state index contributed by atoms with van der Waals surface area (Å²) in [5, 5.41) is 3.15. The van der Waals surface area contributed by atoms with Crippen LogP contribution in [-0.2, 0) is 0 Å². The highest BCUT2D eigenvalue weighted by Crippen LogP contribution is 2.27. The number of hydrogen-bond acceptors (Lipinski definition) is 3. The lowest BCUT2D eigenvalue weighted by molar-refractivity contribution is 0.752. The molecule has 1 aromatic carbocycles. The molecular formula is C12H13BrN2S. The molecule has 16 heavy (non-hydrogen) atoms. The zero-order chi connectivity index (χ0) is 11.5. The first-order valence-electron chi connectivity index (χ1n) is 5.12. The van der Waals surface area contributed by atoms with E-state index in [-0.39, 0.29) is 0 Å². The van der Waals surface area contributed by atoms with E-state index in [1.54, 1.807) is 11.3 Å². The van der Waals surface area contributed by atoms with E-state index in [1.165, 1.54) is 0 Å². The highest BCUT2D eigenvalue weighted by Gasteiger charge is 2.09. The predicted octanol–water partition coefficient (Wildman–Crippen LogP) is 3.63. The molecule has 2 N–H and O–H groups in total. The molecule has 2 rings (SSSR count). The summed E-state index contributed by atoms with van der Waals surface area (Å²) in [6.07, 6.45) is 0. The number of hydrogen-bond donors (Lipinski definition) is 1. The van der Waals surface area contributed by atoms with E-state index in [0.29, 0.717) is 12.5 Å². The quantitative estimate of drug-likeness (QED) is 0.939. The fraction of sp³-hybridized carbons (Fsp3) is 0.250. The molecule has 0 saturated carbocycles. The van der Waals surface area contributed by atoms with E-state index in [9.17, 15) is 0 Å². The minimum absolute atomic E-state index is 0.334. The minimum atomic E-state index is 0.334. The normalized spacial score (nSPS) is 12.7. The number of thiazole rings is 1. The molecule has 1 unspecified atom stereocenters. The van der Waals surface area contributed by atoms with E-state index < -0.39 is 0 Å². The van der Waals surface area contributed by atoms with Gasteiger partial charge in [0.25, 0.3) is 0 Å². The fourth-order valence-corrected chi connectivity index (χ4v) is 2.57. The lowest BCUT2D eigenvalue weighted by atomic mass is 10.1. The number of benzene rings is 1. The van der Waals surface area contributed by atoms with Gasteiger partial charge in [-0.05, 0) is 12.1 Å². The van der Waals surface area contributed by atoms with Crippen LogP contribution >= 0.6 is 27.3 Å². The Hall–Kier alpha value is -0.710. The number of aromatic nitrogens is 1. The van der Waals surface area contributed by atoms with Gasteiger partial charge in [-0.3, -0.25) is 0 Å². The van der Waals surface area contributed by atoms with Gasteiger partial charge in [0, 0.05) is 27.9 Å². The molecule has 0 spiro atoms. The van der Waals surface area contributed by atoms with Crippen molar-refractivity contribution in [3.63, 3.8) is 0 Å². The summed E-state index contributed by atoms with van der Waals surface area (Å²) in [5.74, 6) is 0.334. The second-order valence-corrected chi connectivity index (χ2v) is 5.49. The smallest absolute Gasteiger partial charge is 0.123 e. The summed E-state index contributed by atoms with van der Waals surface area (Å²) >= 11 is 5.09. The second kappa shape index (κ2) is 5.08. The summed E-state index contributed by atoms with van der Waals surface area (Å²) in [7, 11) is 0. The van der Waals surface area contributed by atoms with Crippen LogP contribution in [0.2, 0.25) is 0 Å². The summed E-state index contributed by atoms with van der Waals surface area (Å²) in [6, 6.07) is 8.20. The lowest BCUT2D eigenvalue weighted by Gasteiger charge is -2.02. The fourth-order valence-electron chi connectivity index (χ4n) is 1.36. The molecule has 0 aliphatic carbocycles. The van der Waals surface area contributed by atoms with Gasteiger partial charge in [-0.2, -0.15) is 0 Å². The van der Waals surface area contributed by atoms with E-state index in [0.717, 1.165) is 20.7 Å². The maximum atomic E-state index is 5.63. The van der Waals surface area contributed by atoms with Crippen LogP contribution in [0.15, 0.2) is 34.1 Å². The number of rotatable bonds is 3. The first kappa shape index (κ1) is 11.8. The lowest BCUT2D eigenvalue weighted by Crippen LogP contribution is -2.08. The SMILES string of the molecule is CC(CN)c1csc(-c2ccc(Br)cc2)n1. The van der Waals surface area contributed by atoms with Crippen LogP contribution in [0, 0.1) is 0 Å². The molecule has 2 aromatic rings. The zero-order valence-electron chi connectivity index (χ0n) is 8.98. The molecule has 1 heterocycles. The van der Waals surface area contributed by atoms with Crippen molar-refractivity contribution < 1.29 is 0 Å². The van der Waals surface area contributed by atoms with Crippen LogP contribution in [0.5, 0.6) is 0 Å². The van der Waals surface area contributed by atoms with Crippen LogP contribution in [0.4, 0.5) is 0 Å². The Morgan fingerprint density at radius 2 is 2.06 bits per heavy atom. The monoisotopic (exact) mass is 296 g/mol. The molecular weight excluding hydrogens is 284 g/mol. The average molecular weight is 297 g/mol. The molecule has 0 aliphatic rings. The van der Waals surface area contributed by atoms with E-state index in [2.05, 4.69) is 45.4 Å². The highest BCUT2D eigenvalue weighted by atomic mass is 79.9. The summed E-state index contributed by atoms with van der Waals surface area (Å²) in [6.45, 7) is 2.74. The Kier molecular flexibility index (Phi) is 3.74. The third-order valence-electron chi connectivity index (χ3n) is 2.47. The molecule has 1 aromatic heterocycles. The summed E-state index contributed by atoms with van der Waals surface area (Å²) in [5.41, 5.74) is 7.87. The van der Waals surface area contributed by atoms with E-state index in [1.807, 2.05) is 12.1 Å². The molecule has 0 radical (unpaired) electrons. The molecule has 1 atom stereocenters.